The van der Waals surface area contributed by atoms with Crippen LogP contribution in [0.3, 0.4) is 0 Å². The average Bonchev–Trinajstić information content (AvgIpc) is 2.62. The summed E-state index contributed by atoms with van der Waals surface area (Å²) in [5, 5.41) is 21.4. The Bertz CT molecular complexity index is 407. The molecule has 4 heteroatoms. The Hall–Kier alpha value is -0.610. The molecule has 0 aliphatic carbocycles. The van der Waals surface area contributed by atoms with Crippen LogP contribution in [0.25, 0.3) is 0 Å². The van der Waals surface area contributed by atoms with Gasteiger partial charge in [-0.1, -0.05) is 116 Å². The molecule has 0 aliphatic heterocycles. The number of quaternary nitrogens is 1. The molecule has 0 amide bonds. The van der Waals surface area contributed by atoms with Crippen molar-refractivity contribution in [2.45, 2.75) is 135 Å². The molecule has 0 radical (unpaired) electrons. The minimum absolute atomic E-state index is 0.0603. The van der Waals surface area contributed by atoms with Gasteiger partial charge in [0.2, 0.25) is 0 Å². The van der Waals surface area contributed by atoms with Crippen LogP contribution in [0.4, 0.5) is 0 Å². The van der Waals surface area contributed by atoms with E-state index in [1.54, 1.807) is 0 Å². The van der Waals surface area contributed by atoms with E-state index in [4.69, 9.17) is 0 Å². The molecule has 4 nitrogen and oxygen atoms in total. The van der Waals surface area contributed by atoms with Gasteiger partial charge in [0.25, 0.3) is 0 Å². The Morgan fingerprint density at radius 2 is 1.07 bits per heavy atom. The van der Waals surface area contributed by atoms with Gasteiger partial charge < -0.3 is 19.5 Å². The smallest absolute Gasteiger partial charge is 0.119 e. The zero-order valence-corrected chi connectivity index (χ0v) is 20.9. The Labute approximate surface area is 188 Å². The van der Waals surface area contributed by atoms with Crippen molar-refractivity contribution in [1.82, 2.24) is 0 Å². The summed E-state index contributed by atoms with van der Waals surface area (Å²) in [5.74, 6) is -1.06. The first kappa shape index (κ1) is 29.4. The fraction of sp³-hybridized carbons (Fsp3) is 0.962. The van der Waals surface area contributed by atoms with Crippen molar-refractivity contribution >= 4 is 5.97 Å². The third kappa shape index (κ3) is 20.7. The minimum atomic E-state index is -1.06. The number of carbonyl (C=O) groups is 1. The van der Waals surface area contributed by atoms with Crippen LogP contribution < -0.4 is 5.11 Å². The third-order valence-electron chi connectivity index (χ3n) is 6.14. The normalized spacial score (nSPS) is 14.0. The molecule has 0 aromatic heterocycles. The maximum absolute atomic E-state index is 10.8. The number of nitrogens with zero attached hydrogens (tertiary/aromatic N) is 1. The van der Waals surface area contributed by atoms with E-state index < -0.39 is 11.6 Å². The molecule has 30 heavy (non-hydrogen) atoms. The average molecular weight is 428 g/mol. The van der Waals surface area contributed by atoms with Crippen LogP contribution in [0.2, 0.25) is 0 Å². The fourth-order valence-corrected chi connectivity index (χ4v) is 4.64. The van der Waals surface area contributed by atoms with Gasteiger partial charge in [-0.2, -0.15) is 0 Å². The van der Waals surface area contributed by atoms with Crippen LogP contribution in [0.15, 0.2) is 0 Å². The maximum atomic E-state index is 10.8. The molecule has 180 valence electrons. The molecule has 0 rings (SSSR count). The first-order chi connectivity index (χ1) is 14.2. The number of unbranched alkanes of at least 4 members (excludes halogenated alkanes) is 16. The van der Waals surface area contributed by atoms with Gasteiger partial charge in [0.15, 0.2) is 0 Å². The molecule has 0 fully saturated rings. The Kier molecular flexibility index (Phi) is 17.6. The number of likely N-dealkylation sites (N-methyl/N-ethyl adjacent to an activating group) is 1. The van der Waals surface area contributed by atoms with Gasteiger partial charge >= 0.3 is 0 Å². The fourth-order valence-electron chi connectivity index (χ4n) is 4.64. The van der Waals surface area contributed by atoms with Crippen molar-refractivity contribution in [3.8, 4) is 0 Å². The van der Waals surface area contributed by atoms with Gasteiger partial charge in [-0.3, -0.25) is 0 Å². The van der Waals surface area contributed by atoms with E-state index in [2.05, 4.69) is 6.92 Å². The molecule has 1 N–H and O–H groups in total. The molecule has 0 saturated carbocycles. The number of aliphatic carboxylic acids is 1. The van der Waals surface area contributed by atoms with Crippen LogP contribution in [0.1, 0.15) is 129 Å². The summed E-state index contributed by atoms with van der Waals surface area (Å²) in [7, 11) is 3.66. The molecule has 0 spiro atoms. The van der Waals surface area contributed by atoms with E-state index >= 15 is 0 Å². The lowest BCUT2D eigenvalue weighted by atomic mass is 9.96. The second kappa shape index (κ2) is 18.0. The first-order valence-corrected chi connectivity index (χ1v) is 12.9. The van der Waals surface area contributed by atoms with Crippen LogP contribution in [0, 0.1) is 0 Å². The van der Waals surface area contributed by atoms with Gasteiger partial charge in [0, 0.05) is 0 Å². The van der Waals surface area contributed by atoms with Gasteiger partial charge in [0.1, 0.15) is 18.7 Å². The molecule has 0 aromatic rings. The largest absolute Gasteiger partial charge is 0.544 e. The lowest BCUT2D eigenvalue weighted by Crippen LogP contribution is -2.55. The monoisotopic (exact) mass is 427 g/mol. The van der Waals surface area contributed by atoms with E-state index in [1.165, 1.54) is 96.3 Å². The highest BCUT2D eigenvalue weighted by molar-refractivity contribution is 5.65. The van der Waals surface area contributed by atoms with Crippen LogP contribution in [-0.4, -0.2) is 48.3 Å². The van der Waals surface area contributed by atoms with Crippen molar-refractivity contribution in [2.75, 3.05) is 27.2 Å². The topological polar surface area (TPSA) is 60.4 Å². The number of rotatable bonds is 22. The predicted octanol–water partition coefficient (Wildman–Crippen LogP) is 5.61. The van der Waals surface area contributed by atoms with Crippen molar-refractivity contribution < 1.29 is 19.5 Å². The highest BCUT2D eigenvalue weighted by atomic mass is 16.4. The summed E-state index contributed by atoms with van der Waals surface area (Å²) >= 11 is 0. The van der Waals surface area contributed by atoms with Crippen LogP contribution in [0.5, 0.6) is 0 Å². The molecule has 0 heterocycles. The quantitative estimate of drug-likeness (QED) is 0.180. The maximum Gasteiger partial charge on any atom is 0.119 e. The number of hydrogen-bond acceptors (Lipinski definition) is 3. The SMILES string of the molecule is CCCCCCCCCCCCCCCCCCCC(C)(O)C[N+](C)(C)CC(=O)[O-]. The summed E-state index contributed by atoms with van der Waals surface area (Å²) in [6.45, 7) is 4.49. The second-order valence-electron chi connectivity index (χ2n) is 10.5. The number of carboxylic acid groups (broad SMARTS) is 1. The molecule has 0 aliphatic rings. The van der Waals surface area contributed by atoms with Crippen LogP contribution >= 0.6 is 0 Å². The summed E-state index contributed by atoms with van der Waals surface area (Å²) in [6.07, 6.45) is 23.7. The van der Waals surface area contributed by atoms with Gasteiger partial charge in [-0.15, -0.1) is 0 Å². The number of carbonyl (C=O) groups excluding carboxylic acids is 1. The van der Waals surface area contributed by atoms with Crippen molar-refractivity contribution in [3.05, 3.63) is 0 Å². The number of aliphatic hydroxyl groups is 1. The van der Waals surface area contributed by atoms with Crippen molar-refractivity contribution in [2.24, 2.45) is 0 Å². The second-order valence-corrected chi connectivity index (χ2v) is 10.5. The first-order valence-electron chi connectivity index (χ1n) is 12.9. The highest BCUT2D eigenvalue weighted by Crippen LogP contribution is 2.20. The van der Waals surface area contributed by atoms with Gasteiger partial charge in [0.05, 0.1) is 20.1 Å². The summed E-state index contributed by atoms with van der Waals surface area (Å²) < 4.78 is 0.258. The van der Waals surface area contributed by atoms with Crippen molar-refractivity contribution in [3.63, 3.8) is 0 Å². The minimum Gasteiger partial charge on any atom is -0.544 e. The zero-order valence-electron chi connectivity index (χ0n) is 20.9. The Balaban J connectivity index is 3.42. The number of carboxylic acids is 1. The van der Waals surface area contributed by atoms with Gasteiger partial charge in [-0.05, 0) is 13.3 Å². The van der Waals surface area contributed by atoms with Crippen LogP contribution in [-0.2, 0) is 4.79 Å². The van der Waals surface area contributed by atoms with E-state index in [1.807, 2.05) is 21.0 Å². The summed E-state index contributed by atoms with van der Waals surface area (Å²) in [6, 6.07) is 0. The predicted molar refractivity (Wildman–Crippen MR) is 126 cm³/mol. The molecular formula is C26H53NO3. The highest BCUT2D eigenvalue weighted by Gasteiger charge is 2.30. The van der Waals surface area contributed by atoms with Crippen molar-refractivity contribution in [1.29, 1.82) is 0 Å². The molecule has 0 bridgehead atoms. The third-order valence-corrected chi connectivity index (χ3v) is 6.14. The lowest BCUT2D eigenvalue weighted by Gasteiger charge is -2.36. The van der Waals surface area contributed by atoms with E-state index in [0.717, 1.165) is 19.3 Å². The molecule has 0 saturated heterocycles. The number of hydrogen-bond donors (Lipinski definition) is 1. The Morgan fingerprint density at radius 1 is 0.733 bits per heavy atom. The summed E-state index contributed by atoms with van der Waals surface area (Å²) in [5.41, 5.74) is -0.811. The molecule has 1 unspecified atom stereocenters. The molecule has 0 aromatic carbocycles. The summed E-state index contributed by atoms with van der Waals surface area (Å²) in [4.78, 5) is 10.8. The standard InChI is InChI=1S/C26H53NO3/c1-5-6-7-8-9-10-11-12-13-14-15-16-17-18-19-20-21-22-26(2,30)24-27(3,4)23-25(28)29/h30H,5-24H2,1-4H3. The van der Waals surface area contributed by atoms with E-state index in [9.17, 15) is 15.0 Å². The lowest BCUT2D eigenvalue weighted by molar-refractivity contribution is -0.891. The Morgan fingerprint density at radius 3 is 1.40 bits per heavy atom. The van der Waals surface area contributed by atoms with E-state index in [0.29, 0.717) is 6.54 Å². The van der Waals surface area contributed by atoms with E-state index in [-0.39, 0.29) is 11.0 Å². The van der Waals surface area contributed by atoms with Gasteiger partial charge in [-0.25, -0.2) is 0 Å². The molecular weight excluding hydrogens is 374 g/mol. The molecule has 1 atom stereocenters. The zero-order chi connectivity index (χ0) is 22.7.